The van der Waals surface area contributed by atoms with Crippen molar-refractivity contribution < 1.29 is 18.7 Å². The van der Waals surface area contributed by atoms with Gasteiger partial charge in [-0.3, -0.25) is 14.5 Å². The predicted molar refractivity (Wildman–Crippen MR) is 135 cm³/mol. The first-order valence-electron chi connectivity index (χ1n) is 12.8. The number of hydrogen-bond acceptors (Lipinski definition) is 4. The van der Waals surface area contributed by atoms with Crippen molar-refractivity contribution in [2.24, 2.45) is 5.92 Å². The topological polar surface area (TPSA) is 49.9 Å². The fourth-order valence-corrected chi connectivity index (χ4v) is 6.08. The van der Waals surface area contributed by atoms with E-state index in [1.54, 1.807) is 20.1 Å². The van der Waals surface area contributed by atoms with Gasteiger partial charge in [-0.05, 0) is 37.0 Å². The number of methoxy groups -OCH3 is 1. The zero-order valence-electron chi connectivity index (χ0n) is 20.9. The number of halogens is 1. The van der Waals surface area contributed by atoms with Gasteiger partial charge in [0.1, 0.15) is 5.82 Å². The summed E-state index contributed by atoms with van der Waals surface area (Å²) in [5.41, 5.74) is 2.05. The SMILES string of the molecule is COCCN1C[C@H](C(=O)c2ccccc2)[C@@H](c2cccc(F)c2C)[C@H](N(C=O)C2CCCCC2)C1. The number of carbonyl (C=O) groups excluding carboxylic acids is 2. The van der Waals surface area contributed by atoms with Crippen LogP contribution in [0.2, 0.25) is 0 Å². The second-order valence-corrected chi connectivity index (χ2v) is 9.98. The molecule has 0 bridgehead atoms. The Morgan fingerprint density at radius 3 is 2.51 bits per heavy atom. The van der Waals surface area contributed by atoms with Crippen LogP contribution in [-0.4, -0.2) is 67.4 Å². The van der Waals surface area contributed by atoms with E-state index in [2.05, 4.69) is 4.90 Å². The molecule has 188 valence electrons. The summed E-state index contributed by atoms with van der Waals surface area (Å²) in [4.78, 5) is 30.8. The molecular weight excluding hydrogens is 443 g/mol. The van der Waals surface area contributed by atoms with E-state index in [1.165, 1.54) is 12.5 Å². The van der Waals surface area contributed by atoms with E-state index in [0.717, 1.165) is 37.7 Å². The predicted octanol–water partition coefficient (Wildman–Crippen LogP) is 4.84. The maximum Gasteiger partial charge on any atom is 0.210 e. The fourth-order valence-electron chi connectivity index (χ4n) is 6.08. The molecule has 35 heavy (non-hydrogen) atoms. The van der Waals surface area contributed by atoms with Crippen LogP contribution in [0.25, 0.3) is 0 Å². The van der Waals surface area contributed by atoms with E-state index < -0.39 is 5.92 Å². The molecule has 0 spiro atoms. The highest BCUT2D eigenvalue weighted by molar-refractivity contribution is 5.98. The molecule has 1 saturated heterocycles. The maximum absolute atomic E-state index is 14.8. The molecule has 1 aliphatic heterocycles. The first-order chi connectivity index (χ1) is 17.0. The van der Waals surface area contributed by atoms with E-state index in [0.29, 0.717) is 37.4 Å². The van der Waals surface area contributed by atoms with Gasteiger partial charge < -0.3 is 9.64 Å². The van der Waals surface area contributed by atoms with Crippen molar-refractivity contribution in [3.63, 3.8) is 0 Å². The summed E-state index contributed by atoms with van der Waals surface area (Å²) in [6.07, 6.45) is 6.32. The molecule has 5 nitrogen and oxygen atoms in total. The third-order valence-corrected chi connectivity index (χ3v) is 7.92. The Labute approximate surface area is 208 Å². The van der Waals surface area contributed by atoms with Crippen LogP contribution in [0.1, 0.15) is 59.5 Å². The van der Waals surface area contributed by atoms with E-state index in [-0.39, 0.29) is 29.6 Å². The van der Waals surface area contributed by atoms with Crippen molar-refractivity contribution >= 4 is 12.2 Å². The highest BCUT2D eigenvalue weighted by Crippen LogP contribution is 2.41. The van der Waals surface area contributed by atoms with Crippen LogP contribution in [0.15, 0.2) is 48.5 Å². The van der Waals surface area contributed by atoms with Crippen molar-refractivity contribution in [3.05, 3.63) is 71.0 Å². The molecule has 3 atom stereocenters. The summed E-state index contributed by atoms with van der Waals surface area (Å²) in [5.74, 6) is -0.922. The Hall–Kier alpha value is -2.57. The highest BCUT2D eigenvalue weighted by Gasteiger charge is 2.45. The molecule has 0 aromatic heterocycles. The largest absolute Gasteiger partial charge is 0.383 e. The average molecular weight is 481 g/mol. The third-order valence-electron chi connectivity index (χ3n) is 7.92. The number of nitrogens with zero attached hydrogens (tertiary/aromatic N) is 2. The smallest absolute Gasteiger partial charge is 0.210 e. The quantitative estimate of drug-likeness (QED) is 0.381. The molecular formula is C29H37FN2O3. The molecule has 2 aromatic rings. The number of piperidine rings is 1. The molecule has 2 fully saturated rings. The first-order valence-corrected chi connectivity index (χ1v) is 12.8. The molecule has 4 rings (SSSR count). The van der Waals surface area contributed by atoms with Gasteiger partial charge in [0, 0.05) is 50.2 Å². The summed E-state index contributed by atoms with van der Waals surface area (Å²) in [6.45, 7) is 4.20. The molecule has 2 aromatic carbocycles. The summed E-state index contributed by atoms with van der Waals surface area (Å²) in [5, 5.41) is 0. The van der Waals surface area contributed by atoms with Gasteiger partial charge in [0.05, 0.1) is 12.6 Å². The van der Waals surface area contributed by atoms with Crippen LogP contribution in [-0.2, 0) is 9.53 Å². The molecule has 6 heteroatoms. The molecule has 0 radical (unpaired) electrons. The van der Waals surface area contributed by atoms with Crippen LogP contribution in [0, 0.1) is 18.7 Å². The van der Waals surface area contributed by atoms with Gasteiger partial charge in [0.2, 0.25) is 6.41 Å². The Balaban J connectivity index is 1.81. The molecule has 1 aliphatic carbocycles. The van der Waals surface area contributed by atoms with E-state index in [4.69, 9.17) is 4.74 Å². The second-order valence-electron chi connectivity index (χ2n) is 9.98. The second kappa shape index (κ2) is 11.9. The van der Waals surface area contributed by atoms with Crippen LogP contribution >= 0.6 is 0 Å². The Morgan fingerprint density at radius 2 is 1.83 bits per heavy atom. The lowest BCUT2D eigenvalue weighted by Crippen LogP contribution is -2.59. The van der Waals surface area contributed by atoms with Crippen molar-refractivity contribution in [3.8, 4) is 0 Å². The van der Waals surface area contributed by atoms with Gasteiger partial charge >= 0.3 is 0 Å². The summed E-state index contributed by atoms with van der Waals surface area (Å²) in [6, 6.07) is 14.4. The number of rotatable bonds is 9. The Bertz CT molecular complexity index is 993. The maximum atomic E-state index is 14.8. The van der Waals surface area contributed by atoms with Crippen LogP contribution in [0.3, 0.4) is 0 Å². The fraction of sp³-hybridized carbons (Fsp3) is 0.517. The number of Topliss-reactive ketones (excluding diaryl/α,β-unsaturated/α-hetero) is 1. The van der Waals surface area contributed by atoms with E-state index in [9.17, 15) is 14.0 Å². The zero-order valence-corrected chi connectivity index (χ0v) is 20.9. The Morgan fingerprint density at radius 1 is 1.09 bits per heavy atom. The zero-order chi connectivity index (χ0) is 24.8. The summed E-state index contributed by atoms with van der Waals surface area (Å²) < 4.78 is 20.1. The molecule has 0 unspecified atom stereocenters. The van der Waals surface area contributed by atoms with Crippen LogP contribution < -0.4 is 0 Å². The van der Waals surface area contributed by atoms with Crippen LogP contribution in [0.5, 0.6) is 0 Å². The van der Waals surface area contributed by atoms with Gasteiger partial charge in [-0.1, -0.05) is 61.7 Å². The number of benzene rings is 2. The number of ketones is 1. The summed E-state index contributed by atoms with van der Waals surface area (Å²) in [7, 11) is 1.67. The lowest BCUT2D eigenvalue weighted by Gasteiger charge is -2.49. The van der Waals surface area contributed by atoms with Gasteiger partial charge in [0.25, 0.3) is 0 Å². The average Bonchev–Trinajstić information content (AvgIpc) is 2.90. The summed E-state index contributed by atoms with van der Waals surface area (Å²) >= 11 is 0. The van der Waals surface area contributed by atoms with Gasteiger partial charge in [-0.2, -0.15) is 0 Å². The van der Waals surface area contributed by atoms with Crippen molar-refractivity contribution in [1.29, 1.82) is 0 Å². The van der Waals surface area contributed by atoms with Gasteiger partial charge in [-0.15, -0.1) is 0 Å². The lowest BCUT2D eigenvalue weighted by atomic mass is 9.71. The van der Waals surface area contributed by atoms with Gasteiger partial charge in [-0.25, -0.2) is 4.39 Å². The number of hydrogen-bond donors (Lipinski definition) is 0. The molecule has 1 amide bonds. The monoisotopic (exact) mass is 480 g/mol. The van der Waals surface area contributed by atoms with Crippen LogP contribution in [0.4, 0.5) is 4.39 Å². The molecule has 1 heterocycles. The number of amides is 1. The lowest BCUT2D eigenvalue weighted by molar-refractivity contribution is -0.126. The van der Waals surface area contributed by atoms with Crippen molar-refractivity contribution in [1.82, 2.24) is 9.80 Å². The van der Waals surface area contributed by atoms with E-state index in [1.807, 2.05) is 41.3 Å². The Kier molecular flexibility index (Phi) is 8.69. The standard InChI is InChI=1S/C29H37FN2O3/c1-21-24(14-9-15-26(21)30)28-25(29(34)22-10-5-3-6-11-22)18-31(16-17-35-2)19-27(28)32(20-33)23-12-7-4-8-13-23/h3,5-6,9-11,14-15,20,23,25,27-28H,4,7-8,12-13,16-19H2,1-2H3/t25-,27+,28+/m0/s1. The molecule has 2 aliphatic rings. The normalized spacial score (nSPS) is 23.7. The minimum absolute atomic E-state index is 0.0425. The minimum atomic E-state index is -0.403. The molecule has 0 N–H and O–H groups in total. The highest BCUT2D eigenvalue weighted by atomic mass is 19.1. The first kappa shape index (κ1) is 25.5. The van der Waals surface area contributed by atoms with E-state index >= 15 is 0 Å². The van der Waals surface area contributed by atoms with Gasteiger partial charge in [0.15, 0.2) is 5.78 Å². The van der Waals surface area contributed by atoms with Crippen molar-refractivity contribution in [2.45, 2.75) is 57.0 Å². The number of ether oxygens (including phenoxy) is 1. The van der Waals surface area contributed by atoms with Crippen molar-refractivity contribution in [2.75, 3.05) is 33.4 Å². The minimum Gasteiger partial charge on any atom is -0.383 e. The number of carbonyl (C=O) groups is 2. The number of likely N-dealkylation sites (tertiary alicyclic amines) is 1. The third kappa shape index (κ3) is 5.65. The molecule has 1 saturated carbocycles.